The van der Waals surface area contributed by atoms with E-state index in [1.165, 1.54) is 0 Å². The maximum atomic E-state index is 8.79. The third-order valence-electron chi connectivity index (χ3n) is 1.70. The molecular weight excluding hydrogens is 431 g/mol. The zero-order valence-corrected chi connectivity index (χ0v) is 13.1. The number of hydrogen-bond acceptors (Lipinski definition) is 2. The number of para-hydroxylation sites is 2. The molecule has 0 amide bonds. The van der Waals surface area contributed by atoms with Gasteiger partial charge in [0.2, 0.25) is 0 Å². The summed E-state index contributed by atoms with van der Waals surface area (Å²) in [6.45, 7) is 0. The van der Waals surface area contributed by atoms with Crippen molar-refractivity contribution in [3.63, 3.8) is 0 Å². The van der Waals surface area contributed by atoms with Crippen LogP contribution in [0.3, 0.4) is 0 Å². The summed E-state index contributed by atoms with van der Waals surface area (Å²) < 4.78 is 0. The molecule has 0 fully saturated rings. The summed E-state index contributed by atoms with van der Waals surface area (Å²) in [5, 5.41) is 18.4. The van der Waals surface area contributed by atoms with Crippen LogP contribution in [0.2, 0.25) is 10.0 Å². The fourth-order valence-corrected chi connectivity index (χ4v) is 1.17. The van der Waals surface area contributed by atoms with Crippen LogP contribution in [0.25, 0.3) is 0 Å². The normalized spacial score (nSPS) is 8.59. The molecule has 2 rings (SSSR count). The first-order valence-electron chi connectivity index (χ1n) is 4.48. The van der Waals surface area contributed by atoms with Gasteiger partial charge < -0.3 is 10.2 Å². The molecule has 0 bridgehead atoms. The fraction of sp³-hybridized carbons (Fsp3) is 0. The largest absolute Gasteiger partial charge is 0.506 e. The van der Waals surface area contributed by atoms with E-state index in [1.807, 2.05) is 0 Å². The topological polar surface area (TPSA) is 40.5 Å². The Morgan fingerprint density at radius 1 is 0.647 bits per heavy atom. The summed E-state index contributed by atoms with van der Waals surface area (Å²) in [7, 11) is 0. The Kier molecular flexibility index (Phi) is 8.06. The smallest absolute Gasteiger partial charge is 0.134 e. The van der Waals surface area contributed by atoms with Crippen LogP contribution >= 0.6 is 23.2 Å². The van der Waals surface area contributed by atoms with Crippen molar-refractivity contribution in [3.8, 4) is 11.5 Å². The number of phenolic OH excluding ortho intramolecular Hbond substituents is 2. The van der Waals surface area contributed by atoms with Crippen molar-refractivity contribution < 1.29 is 31.3 Å². The summed E-state index contributed by atoms with van der Waals surface area (Å²) in [5.74, 6) is 0.267. The Morgan fingerprint density at radius 2 is 0.941 bits per heavy atom. The Labute approximate surface area is 124 Å². The Bertz CT molecular complexity index is 378. The molecule has 2 nitrogen and oxygen atoms in total. The summed E-state index contributed by atoms with van der Waals surface area (Å²) in [6, 6.07) is 13.3. The molecule has 0 aliphatic rings. The average molecular weight is 441 g/mol. The molecule has 17 heavy (non-hydrogen) atoms. The third-order valence-corrected chi connectivity index (χ3v) is 2.34. The molecule has 2 N–H and O–H groups in total. The zero-order chi connectivity index (χ0) is 12.0. The minimum absolute atomic E-state index is 0. The third kappa shape index (κ3) is 5.97. The maximum Gasteiger partial charge on any atom is 0.134 e. The van der Waals surface area contributed by atoms with Crippen molar-refractivity contribution in [1.82, 2.24) is 0 Å². The summed E-state index contributed by atoms with van der Waals surface area (Å²) in [5.41, 5.74) is 0. The number of benzene rings is 2. The molecule has 0 heterocycles. The van der Waals surface area contributed by atoms with Crippen LogP contribution < -0.4 is 0 Å². The van der Waals surface area contributed by atoms with Crippen molar-refractivity contribution in [3.05, 3.63) is 58.6 Å². The van der Waals surface area contributed by atoms with Gasteiger partial charge in [0.15, 0.2) is 0 Å². The zero-order valence-electron chi connectivity index (χ0n) is 8.68. The van der Waals surface area contributed by atoms with E-state index in [2.05, 4.69) is 0 Å². The molecule has 0 aliphatic carbocycles. The first kappa shape index (κ1) is 16.3. The minimum atomic E-state index is 0. The second kappa shape index (κ2) is 8.41. The van der Waals surface area contributed by atoms with Crippen LogP contribution in [-0.4, -0.2) is 10.2 Å². The van der Waals surface area contributed by atoms with E-state index < -0.39 is 0 Å². The first-order chi connectivity index (χ1) is 7.61. The van der Waals surface area contributed by atoms with Crippen molar-refractivity contribution in [1.29, 1.82) is 0 Å². The van der Waals surface area contributed by atoms with Crippen molar-refractivity contribution in [2.45, 2.75) is 0 Å². The molecule has 0 unspecified atom stereocenters. The molecule has 0 aliphatic heterocycles. The van der Waals surface area contributed by atoms with E-state index in [0.717, 1.165) is 0 Å². The van der Waals surface area contributed by atoms with Crippen LogP contribution in [-0.2, 0) is 21.1 Å². The molecule has 2 aromatic rings. The van der Waals surface area contributed by atoms with Crippen LogP contribution in [0.4, 0.5) is 0 Å². The SMILES string of the molecule is Oc1ccccc1Cl.Oc1ccccc1Cl.[W]. The van der Waals surface area contributed by atoms with Gasteiger partial charge in [-0.2, -0.15) is 0 Å². The number of aromatic hydroxyl groups is 2. The number of phenols is 2. The summed E-state index contributed by atoms with van der Waals surface area (Å²) in [4.78, 5) is 0. The molecule has 0 atom stereocenters. The van der Waals surface area contributed by atoms with Gasteiger partial charge in [-0.15, -0.1) is 0 Å². The van der Waals surface area contributed by atoms with Crippen molar-refractivity contribution >= 4 is 23.2 Å². The molecule has 5 heteroatoms. The molecule has 0 aromatic heterocycles. The van der Waals surface area contributed by atoms with Gasteiger partial charge in [-0.1, -0.05) is 47.5 Å². The molecular formula is C12H10Cl2O2W. The summed E-state index contributed by atoms with van der Waals surface area (Å²) >= 11 is 10.9. The van der Waals surface area contributed by atoms with E-state index in [1.54, 1.807) is 48.5 Å². The Balaban J connectivity index is 0.000000284. The van der Waals surface area contributed by atoms with E-state index in [-0.39, 0.29) is 32.6 Å². The van der Waals surface area contributed by atoms with E-state index in [9.17, 15) is 0 Å². The minimum Gasteiger partial charge on any atom is -0.506 e. The average Bonchev–Trinajstić information content (AvgIpc) is 2.28. The van der Waals surface area contributed by atoms with Crippen LogP contribution in [0, 0.1) is 0 Å². The number of halogens is 2. The second-order valence-corrected chi connectivity index (χ2v) is 3.72. The predicted molar refractivity (Wildman–Crippen MR) is 66.2 cm³/mol. The molecule has 90 valence electrons. The standard InChI is InChI=1S/2C6H5ClO.W/c2*7-5-3-1-2-4-6(5)8;/h2*1-4,8H;. The van der Waals surface area contributed by atoms with Gasteiger partial charge in [-0.05, 0) is 24.3 Å². The van der Waals surface area contributed by atoms with Crippen LogP contribution in [0.5, 0.6) is 11.5 Å². The van der Waals surface area contributed by atoms with Gasteiger partial charge in [-0.25, -0.2) is 0 Å². The van der Waals surface area contributed by atoms with E-state index >= 15 is 0 Å². The Morgan fingerprint density at radius 3 is 1.12 bits per heavy atom. The van der Waals surface area contributed by atoms with Crippen molar-refractivity contribution in [2.24, 2.45) is 0 Å². The molecule has 0 saturated carbocycles. The van der Waals surface area contributed by atoms with Gasteiger partial charge >= 0.3 is 0 Å². The molecule has 2 aromatic carbocycles. The molecule has 0 saturated heterocycles. The Hall–Kier alpha value is -0.692. The summed E-state index contributed by atoms with van der Waals surface area (Å²) in [6.07, 6.45) is 0. The van der Waals surface area contributed by atoms with Gasteiger partial charge in [0.05, 0.1) is 10.0 Å². The number of rotatable bonds is 0. The van der Waals surface area contributed by atoms with Gasteiger partial charge in [-0.3, -0.25) is 0 Å². The van der Waals surface area contributed by atoms with Crippen molar-refractivity contribution in [2.75, 3.05) is 0 Å². The van der Waals surface area contributed by atoms with Gasteiger partial charge in [0.1, 0.15) is 11.5 Å². The number of hydrogen-bond donors (Lipinski definition) is 2. The molecule has 0 spiro atoms. The molecule has 0 radical (unpaired) electrons. The quantitative estimate of drug-likeness (QED) is 0.647. The van der Waals surface area contributed by atoms with E-state index in [4.69, 9.17) is 33.4 Å². The van der Waals surface area contributed by atoms with Gasteiger partial charge in [0, 0.05) is 21.1 Å². The monoisotopic (exact) mass is 440 g/mol. The fourth-order valence-electron chi connectivity index (χ4n) is 0.903. The second-order valence-electron chi connectivity index (χ2n) is 2.90. The van der Waals surface area contributed by atoms with Crippen LogP contribution in [0.1, 0.15) is 0 Å². The van der Waals surface area contributed by atoms with E-state index in [0.29, 0.717) is 10.0 Å². The first-order valence-corrected chi connectivity index (χ1v) is 5.24. The van der Waals surface area contributed by atoms with Gasteiger partial charge in [0.25, 0.3) is 0 Å². The maximum absolute atomic E-state index is 8.79. The predicted octanol–water partition coefficient (Wildman–Crippen LogP) is 4.09. The van der Waals surface area contributed by atoms with Crippen LogP contribution in [0.15, 0.2) is 48.5 Å².